The van der Waals surface area contributed by atoms with E-state index in [-0.39, 0.29) is 12.5 Å². The summed E-state index contributed by atoms with van der Waals surface area (Å²) in [5.41, 5.74) is 3.28. The van der Waals surface area contributed by atoms with Crippen LogP contribution in [0.15, 0.2) is 41.2 Å². The first kappa shape index (κ1) is 20.9. The molecule has 160 valence electrons. The fourth-order valence-corrected chi connectivity index (χ4v) is 3.65. The third kappa shape index (κ3) is 4.25. The maximum Gasteiger partial charge on any atom is 0.303 e. The highest BCUT2D eigenvalue weighted by Gasteiger charge is 2.18. The number of fused-ring (bicyclic) bond motifs is 1. The summed E-state index contributed by atoms with van der Waals surface area (Å²) in [6.07, 6.45) is 3.97. The molecule has 0 radical (unpaired) electrons. The first-order valence-corrected chi connectivity index (χ1v) is 10.2. The minimum atomic E-state index is -0.827. The molecule has 0 amide bonds. The summed E-state index contributed by atoms with van der Waals surface area (Å²) < 4.78 is 13.0. The second-order valence-corrected chi connectivity index (χ2v) is 7.86. The fourth-order valence-electron chi connectivity index (χ4n) is 3.44. The van der Waals surface area contributed by atoms with Gasteiger partial charge in [-0.25, -0.2) is 4.98 Å². The van der Waals surface area contributed by atoms with Gasteiger partial charge in [-0.3, -0.25) is 4.79 Å². The van der Waals surface area contributed by atoms with E-state index in [1.54, 1.807) is 12.3 Å². The molecule has 0 saturated carbocycles. The molecule has 4 aromatic rings. The number of aromatic nitrogens is 4. The van der Waals surface area contributed by atoms with E-state index in [1.807, 2.05) is 49.9 Å². The van der Waals surface area contributed by atoms with E-state index in [4.69, 9.17) is 26.0 Å². The lowest BCUT2D eigenvalue weighted by Gasteiger charge is -2.09. The molecule has 0 aliphatic rings. The van der Waals surface area contributed by atoms with Gasteiger partial charge in [-0.05, 0) is 38.0 Å². The van der Waals surface area contributed by atoms with Gasteiger partial charge in [0.05, 0.1) is 17.2 Å². The highest BCUT2D eigenvalue weighted by molar-refractivity contribution is 6.32. The second-order valence-electron chi connectivity index (χ2n) is 7.46. The number of hydrogen-bond donors (Lipinski definition) is 1. The number of carboxylic acids is 1. The molecule has 0 spiro atoms. The molecule has 3 heterocycles. The number of ether oxygens (including phenoxy) is 1. The standard InChI is InChI=1S/C22H21ClN4O4/c1-12(2)30-22-17(23)10-14(11-24-22)21-25-20(26-31-21)16-6-4-13(5-7-18(28)29)19-15(16)8-9-27(19)3/h4,6,8-12H,5,7H2,1-3H3,(H,28,29). The lowest BCUT2D eigenvalue weighted by molar-refractivity contribution is -0.136. The van der Waals surface area contributed by atoms with Crippen LogP contribution in [0.3, 0.4) is 0 Å². The highest BCUT2D eigenvalue weighted by Crippen LogP contribution is 2.33. The number of hydrogen-bond acceptors (Lipinski definition) is 6. The van der Waals surface area contributed by atoms with E-state index < -0.39 is 5.97 Å². The topological polar surface area (TPSA) is 103 Å². The van der Waals surface area contributed by atoms with E-state index in [9.17, 15) is 4.79 Å². The zero-order chi connectivity index (χ0) is 22.1. The van der Waals surface area contributed by atoms with E-state index in [0.717, 1.165) is 22.0 Å². The van der Waals surface area contributed by atoms with E-state index in [2.05, 4.69) is 15.1 Å². The first-order chi connectivity index (χ1) is 14.8. The number of rotatable bonds is 7. The van der Waals surface area contributed by atoms with Crippen molar-refractivity contribution in [2.45, 2.75) is 32.8 Å². The van der Waals surface area contributed by atoms with Crippen LogP contribution in [0.4, 0.5) is 0 Å². The second kappa shape index (κ2) is 8.39. The van der Waals surface area contributed by atoms with Crippen LogP contribution in [0, 0.1) is 0 Å². The third-order valence-corrected chi connectivity index (χ3v) is 5.07. The van der Waals surface area contributed by atoms with E-state index in [0.29, 0.717) is 34.6 Å². The molecule has 4 rings (SSSR count). The van der Waals surface area contributed by atoms with Gasteiger partial charge in [0.15, 0.2) is 0 Å². The third-order valence-electron chi connectivity index (χ3n) is 4.79. The molecule has 0 aliphatic carbocycles. The minimum Gasteiger partial charge on any atom is -0.481 e. The Morgan fingerprint density at radius 1 is 1.32 bits per heavy atom. The van der Waals surface area contributed by atoms with Crippen LogP contribution in [0.25, 0.3) is 33.7 Å². The van der Waals surface area contributed by atoms with E-state index in [1.165, 1.54) is 0 Å². The Hall–Kier alpha value is -3.39. The molecule has 0 aliphatic heterocycles. The van der Waals surface area contributed by atoms with Gasteiger partial charge in [0.2, 0.25) is 11.7 Å². The number of nitrogens with zero attached hydrogens (tertiary/aromatic N) is 4. The summed E-state index contributed by atoms with van der Waals surface area (Å²) in [5, 5.41) is 14.4. The van der Waals surface area contributed by atoms with Gasteiger partial charge in [-0.1, -0.05) is 28.9 Å². The Morgan fingerprint density at radius 3 is 2.84 bits per heavy atom. The van der Waals surface area contributed by atoms with Crippen molar-refractivity contribution in [1.29, 1.82) is 0 Å². The van der Waals surface area contributed by atoms with E-state index >= 15 is 0 Å². The highest BCUT2D eigenvalue weighted by atomic mass is 35.5. The summed E-state index contributed by atoms with van der Waals surface area (Å²) in [5.74, 6) is 0.239. The van der Waals surface area contributed by atoms with Crippen LogP contribution >= 0.6 is 11.6 Å². The summed E-state index contributed by atoms with van der Waals surface area (Å²) in [7, 11) is 1.92. The number of carbonyl (C=O) groups is 1. The van der Waals surface area contributed by atoms with Crippen LogP contribution < -0.4 is 4.74 Å². The van der Waals surface area contributed by atoms with Crippen molar-refractivity contribution in [2.75, 3.05) is 0 Å². The van der Waals surface area contributed by atoms with Crippen molar-refractivity contribution in [3.8, 4) is 28.7 Å². The molecule has 9 heteroatoms. The summed E-state index contributed by atoms with van der Waals surface area (Å²) in [4.78, 5) is 19.8. The average Bonchev–Trinajstić information content (AvgIpc) is 3.35. The zero-order valence-corrected chi connectivity index (χ0v) is 18.1. The van der Waals surface area contributed by atoms with Crippen molar-refractivity contribution in [3.05, 3.63) is 47.2 Å². The molecule has 0 saturated heterocycles. The first-order valence-electron chi connectivity index (χ1n) is 9.79. The maximum atomic E-state index is 11.0. The average molecular weight is 441 g/mol. The summed E-state index contributed by atoms with van der Waals surface area (Å²) in [6.45, 7) is 3.79. The minimum absolute atomic E-state index is 0.0439. The van der Waals surface area contributed by atoms with Crippen LogP contribution in [0.1, 0.15) is 25.8 Å². The molecule has 8 nitrogen and oxygen atoms in total. The van der Waals surface area contributed by atoms with Crippen molar-refractivity contribution < 1.29 is 19.2 Å². The predicted molar refractivity (Wildman–Crippen MR) is 116 cm³/mol. The van der Waals surface area contributed by atoms with Gasteiger partial charge < -0.3 is 18.9 Å². The molecule has 3 aromatic heterocycles. The molecular weight excluding hydrogens is 420 g/mol. The van der Waals surface area contributed by atoms with Crippen molar-refractivity contribution in [3.63, 3.8) is 0 Å². The Bertz CT molecular complexity index is 1260. The SMILES string of the molecule is CC(C)Oc1ncc(-c2nc(-c3ccc(CCC(=O)O)c4c3ccn4C)no2)cc1Cl. The zero-order valence-electron chi connectivity index (χ0n) is 17.3. The molecule has 0 bridgehead atoms. The Balaban J connectivity index is 1.69. The lowest BCUT2D eigenvalue weighted by atomic mass is 10.0. The molecule has 0 fully saturated rings. The molecule has 1 N–H and O–H groups in total. The number of aryl methyl sites for hydroxylation is 2. The normalized spacial score (nSPS) is 11.4. The van der Waals surface area contributed by atoms with Gasteiger partial charge in [-0.15, -0.1) is 0 Å². The predicted octanol–water partition coefficient (Wildman–Crippen LogP) is 4.75. The number of aliphatic carboxylic acids is 1. The fraction of sp³-hybridized carbons (Fsp3) is 0.273. The number of carboxylic acid groups (broad SMARTS) is 1. The summed E-state index contributed by atoms with van der Waals surface area (Å²) in [6, 6.07) is 7.43. The van der Waals surface area contributed by atoms with Crippen LogP contribution in [0.2, 0.25) is 5.02 Å². The van der Waals surface area contributed by atoms with Crippen LogP contribution in [0.5, 0.6) is 5.88 Å². The number of benzene rings is 1. The molecule has 31 heavy (non-hydrogen) atoms. The smallest absolute Gasteiger partial charge is 0.303 e. The van der Waals surface area contributed by atoms with Gasteiger partial charge in [-0.2, -0.15) is 4.98 Å². The van der Waals surface area contributed by atoms with Gasteiger partial charge in [0, 0.05) is 36.8 Å². The van der Waals surface area contributed by atoms with Crippen molar-refractivity contribution >= 4 is 28.5 Å². The molecular formula is C22H21ClN4O4. The quantitative estimate of drug-likeness (QED) is 0.442. The largest absolute Gasteiger partial charge is 0.481 e. The maximum absolute atomic E-state index is 11.0. The lowest BCUT2D eigenvalue weighted by Crippen LogP contribution is -2.07. The molecule has 0 atom stereocenters. The monoisotopic (exact) mass is 440 g/mol. The number of halogens is 1. The molecule has 0 unspecified atom stereocenters. The Labute approximate surface area is 183 Å². The van der Waals surface area contributed by atoms with Crippen LogP contribution in [-0.2, 0) is 18.3 Å². The summed E-state index contributed by atoms with van der Waals surface area (Å²) >= 11 is 6.28. The Kier molecular flexibility index (Phi) is 5.65. The van der Waals surface area contributed by atoms with Crippen molar-refractivity contribution in [1.82, 2.24) is 19.7 Å². The van der Waals surface area contributed by atoms with Crippen LogP contribution in [-0.4, -0.2) is 36.9 Å². The number of pyridine rings is 1. The van der Waals surface area contributed by atoms with Gasteiger partial charge in [0.25, 0.3) is 5.89 Å². The van der Waals surface area contributed by atoms with Gasteiger partial charge in [0.1, 0.15) is 5.02 Å². The molecule has 1 aromatic carbocycles. The van der Waals surface area contributed by atoms with Crippen molar-refractivity contribution in [2.24, 2.45) is 7.05 Å². The Morgan fingerprint density at radius 2 is 2.13 bits per heavy atom. The van der Waals surface area contributed by atoms with Gasteiger partial charge >= 0.3 is 5.97 Å².